The first-order chi connectivity index (χ1) is 8.14. The van der Waals surface area contributed by atoms with E-state index >= 15 is 0 Å². The number of fused-ring (bicyclic) bond motifs is 2. The molecule has 0 heterocycles. The fraction of sp³-hybridized carbons (Fsp3) is 0.385. The molecular formula is C13H12BrNO2. The number of allylic oxidation sites excluding steroid dienone is 1. The van der Waals surface area contributed by atoms with Crippen molar-refractivity contribution in [3.8, 4) is 0 Å². The summed E-state index contributed by atoms with van der Waals surface area (Å²) in [5, 5.41) is 11.4. The molecular weight excluding hydrogens is 282 g/mol. The number of halogens is 1. The minimum Gasteiger partial charge on any atom is -0.263 e. The fourth-order valence-corrected chi connectivity index (χ4v) is 4.14. The van der Waals surface area contributed by atoms with Crippen molar-refractivity contribution in [2.75, 3.05) is 0 Å². The molecule has 0 radical (unpaired) electrons. The maximum Gasteiger partial charge on any atom is 0.288 e. The first-order valence-corrected chi connectivity index (χ1v) is 6.50. The van der Waals surface area contributed by atoms with E-state index in [-0.39, 0.29) is 22.7 Å². The van der Waals surface area contributed by atoms with Gasteiger partial charge in [0.15, 0.2) is 0 Å². The molecule has 1 aromatic rings. The molecule has 1 saturated carbocycles. The Bertz CT molecular complexity index is 487. The summed E-state index contributed by atoms with van der Waals surface area (Å²) in [5.41, 5.74) is 1.05. The summed E-state index contributed by atoms with van der Waals surface area (Å²) in [6.07, 6.45) is 5.00. The van der Waals surface area contributed by atoms with Crippen molar-refractivity contribution in [3.63, 3.8) is 0 Å². The summed E-state index contributed by atoms with van der Waals surface area (Å²) in [5.74, 6) is 0.230. The highest BCUT2D eigenvalue weighted by atomic mass is 79.9. The molecule has 88 valence electrons. The Morgan fingerprint density at radius 1 is 1.29 bits per heavy atom. The number of nitrogens with zero attached hydrogens (tertiary/aromatic N) is 1. The average Bonchev–Trinajstić information content (AvgIpc) is 2.89. The lowest BCUT2D eigenvalue weighted by Crippen LogP contribution is -2.41. The van der Waals surface area contributed by atoms with Crippen molar-refractivity contribution in [1.82, 2.24) is 0 Å². The Balaban J connectivity index is 2.09. The van der Waals surface area contributed by atoms with Crippen LogP contribution in [0.25, 0.3) is 0 Å². The van der Waals surface area contributed by atoms with Crippen LogP contribution in [-0.4, -0.2) is 9.37 Å². The van der Waals surface area contributed by atoms with E-state index in [0.29, 0.717) is 0 Å². The fourth-order valence-electron chi connectivity index (χ4n) is 3.20. The molecule has 4 atom stereocenters. The number of alkyl halides is 1. The van der Waals surface area contributed by atoms with Crippen LogP contribution in [0, 0.1) is 22.0 Å². The number of hydrogen-bond donors (Lipinski definition) is 0. The van der Waals surface area contributed by atoms with Crippen molar-refractivity contribution in [2.24, 2.45) is 11.8 Å². The summed E-state index contributed by atoms with van der Waals surface area (Å²) in [7, 11) is 0. The van der Waals surface area contributed by atoms with Gasteiger partial charge in [-0.1, -0.05) is 42.5 Å². The Hall–Kier alpha value is -1.16. The Morgan fingerprint density at radius 3 is 2.65 bits per heavy atom. The average molecular weight is 294 g/mol. The predicted octanol–water partition coefficient (Wildman–Crippen LogP) is 3.34. The van der Waals surface area contributed by atoms with E-state index in [1.807, 2.05) is 36.4 Å². The second kappa shape index (κ2) is 3.67. The lowest BCUT2D eigenvalue weighted by atomic mass is 9.83. The van der Waals surface area contributed by atoms with Gasteiger partial charge in [-0.05, 0) is 17.9 Å². The Morgan fingerprint density at radius 2 is 2.00 bits per heavy atom. The van der Waals surface area contributed by atoms with Gasteiger partial charge in [-0.25, -0.2) is 0 Å². The van der Waals surface area contributed by atoms with Crippen LogP contribution in [0.1, 0.15) is 17.9 Å². The zero-order valence-electron chi connectivity index (χ0n) is 9.12. The SMILES string of the molecule is O=[N+]([O-])[C@]1(Br)[C@@H]2C=C[C@@H](C2)[C@H]1c1ccccc1. The summed E-state index contributed by atoms with van der Waals surface area (Å²) in [6, 6.07) is 9.79. The molecule has 3 nitrogen and oxygen atoms in total. The standard InChI is InChI=1S/C13H12BrNO2/c14-13(15(16)17)11-7-6-10(8-11)12(13)9-4-2-1-3-5-9/h1-7,10-12H,8H2/t10-,11+,12+,13+/m0/s1. The molecule has 0 saturated heterocycles. The molecule has 0 N–H and O–H groups in total. The quantitative estimate of drug-likeness (QED) is 0.276. The molecule has 2 bridgehead atoms. The monoisotopic (exact) mass is 293 g/mol. The maximum atomic E-state index is 11.4. The van der Waals surface area contributed by atoms with E-state index < -0.39 is 4.45 Å². The summed E-state index contributed by atoms with van der Waals surface area (Å²) >= 11 is 3.42. The van der Waals surface area contributed by atoms with E-state index in [2.05, 4.69) is 22.0 Å². The molecule has 4 heteroatoms. The highest BCUT2D eigenvalue weighted by Crippen LogP contribution is 2.59. The van der Waals surface area contributed by atoms with E-state index in [1.54, 1.807) is 0 Å². The lowest BCUT2D eigenvalue weighted by molar-refractivity contribution is -0.543. The molecule has 1 aromatic carbocycles. The van der Waals surface area contributed by atoms with Crippen molar-refractivity contribution in [1.29, 1.82) is 0 Å². The third kappa shape index (κ3) is 1.40. The van der Waals surface area contributed by atoms with E-state index in [9.17, 15) is 10.1 Å². The highest BCUT2D eigenvalue weighted by molar-refractivity contribution is 9.10. The van der Waals surface area contributed by atoms with Crippen molar-refractivity contribution in [3.05, 3.63) is 58.2 Å². The molecule has 2 aliphatic rings. The van der Waals surface area contributed by atoms with Gasteiger partial charge in [0.25, 0.3) is 4.45 Å². The third-order valence-electron chi connectivity index (χ3n) is 3.94. The Kier molecular flexibility index (Phi) is 2.36. The summed E-state index contributed by atoms with van der Waals surface area (Å²) in [4.78, 5) is 11.3. The summed E-state index contributed by atoms with van der Waals surface area (Å²) in [6.45, 7) is 0. The molecule has 0 aromatic heterocycles. The van der Waals surface area contributed by atoms with Gasteiger partial charge in [0.2, 0.25) is 0 Å². The topological polar surface area (TPSA) is 43.1 Å². The lowest BCUT2D eigenvalue weighted by Gasteiger charge is -2.29. The molecule has 0 amide bonds. The van der Waals surface area contributed by atoms with Crippen LogP contribution in [-0.2, 0) is 0 Å². The van der Waals surface area contributed by atoms with Crippen LogP contribution < -0.4 is 0 Å². The number of rotatable bonds is 2. The van der Waals surface area contributed by atoms with Crippen LogP contribution in [0.3, 0.4) is 0 Å². The van der Waals surface area contributed by atoms with E-state index in [1.165, 1.54) is 0 Å². The van der Waals surface area contributed by atoms with Crippen LogP contribution in [0.2, 0.25) is 0 Å². The largest absolute Gasteiger partial charge is 0.288 e. The van der Waals surface area contributed by atoms with Crippen molar-refractivity contribution >= 4 is 15.9 Å². The summed E-state index contributed by atoms with van der Waals surface area (Å²) < 4.78 is -1.02. The second-order valence-electron chi connectivity index (χ2n) is 4.76. The Labute approximate surface area is 108 Å². The molecule has 3 rings (SSSR count). The van der Waals surface area contributed by atoms with Crippen LogP contribution in [0.15, 0.2) is 42.5 Å². The number of nitro groups is 1. The third-order valence-corrected chi connectivity index (χ3v) is 5.31. The number of hydrogen-bond acceptors (Lipinski definition) is 2. The highest BCUT2D eigenvalue weighted by Gasteiger charge is 2.64. The smallest absolute Gasteiger partial charge is 0.263 e. The van der Waals surface area contributed by atoms with Crippen molar-refractivity contribution < 1.29 is 4.92 Å². The first kappa shape index (κ1) is 11.0. The van der Waals surface area contributed by atoms with Gasteiger partial charge in [0.1, 0.15) is 0 Å². The van der Waals surface area contributed by atoms with Gasteiger partial charge in [-0.3, -0.25) is 10.1 Å². The van der Waals surface area contributed by atoms with Gasteiger partial charge in [0.05, 0.1) is 11.8 Å². The van der Waals surface area contributed by atoms with E-state index in [0.717, 1.165) is 12.0 Å². The van der Waals surface area contributed by atoms with Crippen molar-refractivity contribution in [2.45, 2.75) is 16.8 Å². The molecule has 17 heavy (non-hydrogen) atoms. The van der Waals surface area contributed by atoms with E-state index in [4.69, 9.17) is 0 Å². The van der Waals surface area contributed by atoms with Crippen LogP contribution >= 0.6 is 15.9 Å². The van der Waals surface area contributed by atoms with Gasteiger partial charge in [0, 0.05) is 20.9 Å². The first-order valence-electron chi connectivity index (χ1n) is 5.70. The molecule has 1 fully saturated rings. The zero-order chi connectivity index (χ0) is 12.0. The molecule has 0 spiro atoms. The minimum absolute atomic E-state index is 0.00714. The molecule has 0 aliphatic heterocycles. The zero-order valence-corrected chi connectivity index (χ0v) is 10.7. The molecule has 0 unspecified atom stereocenters. The van der Waals surface area contributed by atoms with Gasteiger partial charge >= 0.3 is 0 Å². The molecule has 2 aliphatic carbocycles. The van der Waals surface area contributed by atoms with Crippen LogP contribution in [0.4, 0.5) is 0 Å². The minimum atomic E-state index is -1.02. The van der Waals surface area contributed by atoms with Gasteiger partial charge in [-0.15, -0.1) is 0 Å². The normalized spacial score (nSPS) is 38.5. The van der Waals surface area contributed by atoms with Gasteiger partial charge < -0.3 is 0 Å². The predicted molar refractivity (Wildman–Crippen MR) is 68.6 cm³/mol. The van der Waals surface area contributed by atoms with Gasteiger partial charge in [-0.2, -0.15) is 0 Å². The second-order valence-corrected chi connectivity index (χ2v) is 6.03. The van der Waals surface area contributed by atoms with Crippen LogP contribution in [0.5, 0.6) is 0 Å². The number of benzene rings is 1. The maximum absolute atomic E-state index is 11.4.